The van der Waals surface area contributed by atoms with Crippen LogP contribution in [0, 0.1) is 13.8 Å². The number of halogens is 10. The zero-order valence-corrected chi connectivity index (χ0v) is 35.6. The standard InChI is InChI=1S/C22H18Cl2F3N5O3.C18H9Cl2F3N4O2/c1-11-7-12(23)8-14(20(33)29-10-13-4-6-35-13)18(11)30-21(34)16-9-17(22(25,26)27)31-32(16)19-15(24)3-2-5-28-19;1-8-5-9(19)6-10-14(8)25-16(29-17(10)28)12-7-13(18(21,22)23)26-27(12)15-11(20)3-2-4-24-15/h2-3,5,7-9,13H,4,6,10H2,1H3,(H,29,33)(H,30,34);2-7H,1H3. The number of hydrogen-bond acceptors (Lipinski definition) is 10. The van der Waals surface area contributed by atoms with Crippen molar-refractivity contribution >= 4 is 74.8 Å². The van der Waals surface area contributed by atoms with E-state index in [2.05, 4.69) is 35.8 Å². The van der Waals surface area contributed by atoms with E-state index < -0.39 is 46.9 Å². The van der Waals surface area contributed by atoms with Crippen molar-refractivity contribution in [3.63, 3.8) is 0 Å². The van der Waals surface area contributed by atoms with Crippen LogP contribution in [-0.2, 0) is 17.1 Å². The molecule has 1 fully saturated rings. The Hall–Kier alpha value is -6.06. The molecule has 1 atom stereocenters. The van der Waals surface area contributed by atoms with Crippen molar-refractivity contribution in [2.24, 2.45) is 0 Å². The van der Waals surface area contributed by atoms with Crippen LogP contribution in [0.2, 0.25) is 20.1 Å². The minimum absolute atomic E-state index is 0.0145. The Kier molecular flexibility index (Phi) is 13.1. The molecule has 24 heteroatoms. The first-order valence-corrected chi connectivity index (χ1v) is 19.9. The van der Waals surface area contributed by atoms with Crippen molar-refractivity contribution in [3.8, 4) is 23.2 Å². The van der Waals surface area contributed by atoms with Crippen molar-refractivity contribution in [2.45, 2.75) is 38.7 Å². The molecule has 1 unspecified atom stereocenters. The first-order chi connectivity index (χ1) is 30.2. The van der Waals surface area contributed by atoms with Gasteiger partial charge in [0.1, 0.15) is 11.4 Å². The molecule has 332 valence electrons. The summed E-state index contributed by atoms with van der Waals surface area (Å²) in [6.07, 6.45) is -6.23. The Labute approximate surface area is 376 Å². The van der Waals surface area contributed by atoms with Crippen LogP contribution in [0.3, 0.4) is 0 Å². The Morgan fingerprint density at radius 3 is 1.97 bits per heavy atom. The first-order valence-electron chi connectivity index (χ1n) is 18.4. The molecule has 0 radical (unpaired) electrons. The fourth-order valence-electron chi connectivity index (χ4n) is 6.17. The van der Waals surface area contributed by atoms with E-state index in [9.17, 15) is 40.7 Å². The molecule has 0 bridgehead atoms. The van der Waals surface area contributed by atoms with Crippen LogP contribution < -0.4 is 16.3 Å². The van der Waals surface area contributed by atoms with Crippen LogP contribution >= 0.6 is 46.4 Å². The Bertz CT molecular complexity index is 3010. The second-order valence-electron chi connectivity index (χ2n) is 13.8. The van der Waals surface area contributed by atoms with E-state index in [0.29, 0.717) is 39.6 Å². The van der Waals surface area contributed by atoms with Gasteiger partial charge in [-0.15, -0.1) is 0 Å². The molecular formula is C40H27Cl4F6N9O5. The molecule has 1 saturated heterocycles. The highest BCUT2D eigenvalue weighted by Crippen LogP contribution is 2.35. The number of nitrogens with one attached hydrogen (secondary N) is 2. The maximum absolute atomic E-state index is 13.4. The lowest BCUT2D eigenvalue weighted by molar-refractivity contribution is -0.142. The molecule has 14 nitrogen and oxygen atoms in total. The van der Waals surface area contributed by atoms with Crippen molar-refractivity contribution in [2.75, 3.05) is 18.5 Å². The average Bonchev–Trinajstić information content (AvgIpc) is 3.86. The number of nitrogens with zero attached hydrogens (tertiary/aromatic N) is 7. The second kappa shape index (κ2) is 18.2. The number of benzene rings is 2. The minimum atomic E-state index is -4.83. The van der Waals surface area contributed by atoms with Gasteiger partial charge in [0, 0.05) is 47.7 Å². The van der Waals surface area contributed by atoms with Gasteiger partial charge in [-0.25, -0.2) is 29.1 Å². The molecule has 7 aromatic rings. The smallest absolute Gasteiger partial charge is 0.401 e. The quantitative estimate of drug-likeness (QED) is 0.140. The summed E-state index contributed by atoms with van der Waals surface area (Å²) in [5.41, 5.74) is -2.69. The number of carbonyl (C=O) groups excluding carboxylic acids is 2. The number of pyridine rings is 2. The molecule has 0 saturated carbocycles. The van der Waals surface area contributed by atoms with Gasteiger partial charge in [0.15, 0.2) is 23.0 Å². The third kappa shape index (κ3) is 9.85. The number of carbonyl (C=O) groups is 2. The highest BCUT2D eigenvalue weighted by atomic mass is 35.5. The molecule has 2 amide bonds. The number of alkyl halides is 6. The molecule has 6 heterocycles. The van der Waals surface area contributed by atoms with Crippen LogP contribution in [-0.4, -0.2) is 65.6 Å². The minimum Gasteiger partial charge on any atom is -0.401 e. The van der Waals surface area contributed by atoms with Crippen molar-refractivity contribution in [1.82, 2.24) is 39.8 Å². The Morgan fingerprint density at radius 1 is 0.797 bits per heavy atom. The normalized spacial score (nSPS) is 13.8. The van der Waals surface area contributed by atoms with Crippen LogP contribution in [0.1, 0.15) is 49.8 Å². The summed E-state index contributed by atoms with van der Waals surface area (Å²) < 4.78 is 92.1. The molecule has 8 rings (SSSR count). The highest BCUT2D eigenvalue weighted by molar-refractivity contribution is 6.33. The second-order valence-corrected chi connectivity index (χ2v) is 15.5. The van der Waals surface area contributed by atoms with E-state index in [-0.39, 0.29) is 73.1 Å². The van der Waals surface area contributed by atoms with E-state index in [1.165, 1.54) is 54.9 Å². The van der Waals surface area contributed by atoms with E-state index in [4.69, 9.17) is 55.6 Å². The van der Waals surface area contributed by atoms with Gasteiger partial charge in [0.05, 0.1) is 38.3 Å². The number of ether oxygens (including phenoxy) is 1. The summed E-state index contributed by atoms with van der Waals surface area (Å²) in [6, 6.07) is 13.0. The van der Waals surface area contributed by atoms with Gasteiger partial charge in [-0.2, -0.15) is 36.5 Å². The van der Waals surface area contributed by atoms with E-state index in [1.54, 1.807) is 19.9 Å². The molecule has 5 aromatic heterocycles. The monoisotopic (exact) mass is 967 g/mol. The van der Waals surface area contributed by atoms with Gasteiger partial charge < -0.3 is 19.8 Å². The zero-order chi connectivity index (χ0) is 46.2. The highest BCUT2D eigenvalue weighted by Gasteiger charge is 2.38. The third-order valence-electron chi connectivity index (χ3n) is 9.29. The Morgan fingerprint density at radius 2 is 1.38 bits per heavy atom. The summed E-state index contributed by atoms with van der Waals surface area (Å²) in [6.45, 7) is 4.14. The number of fused-ring (bicyclic) bond motifs is 1. The topological polar surface area (TPSA) is 172 Å². The van der Waals surface area contributed by atoms with E-state index in [1.807, 2.05) is 0 Å². The number of amides is 2. The number of aryl methyl sites for hydroxylation is 2. The summed E-state index contributed by atoms with van der Waals surface area (Å²) in [7, 11) is 0. The Balaban J connectivity index is 0.000000195. The summed E-state index contributed by atoms with van der Waals surface area (Å²) in [5.74, 6) is -2.09. The van der Waals surface area contributed by atoms with Crippen LogP contribution in [0.4, 0.5) is 32.0 Å². The van der Waals surface area contributed by atoms with Crippen LogP contribution in [0.15, 0.2) is 82.3 Å². The molecule has 2 aromatic carbocycles. The first kappa shape index (κ1) is 45.9. The summed E-state index contributed by atoms with van der Waals surface area (Å²) in [4.78, 5) is 50.6. The van der Waals surface area contributed by atoms with Gasteiger partial charge in [-0.1, -0.05) is 46.4 Å². The number of rotatable bonds is 8. The molecule has 64 heavy (non-hydrogen) atoms. The van der Waals surface area contributed by atoms with E-state index >= 15 is 0 Å². The van der Waals surface area contributed by atoms with Gasteiger partial charge in [0.2, 0.25) is 5.89 Å². The number of hydrogen-bond donors (Lipinski definition) is 2. The summed E-state index contributed by atoms with van der Waals surface area (Å²) in [5, 5.41) is 13.0. The summed E-state index contributed by atoms with van der Waals surface area (Å²) >= 11 is 24.2. The fraction of sp³-hybridized carbons (Fsp3) is 0.200. The van der Waals surface area contributed by atoms with E-state index in [0.717, 1.165) is 11.1 Å². The SMILES string of the molecule is Cc1cc(Cl)cc(C(=O)NCC2CCO2)c1NC(=O)c1cc(C(F)(F)F)nn1-c1ncccc1Cl.Cc1cc(Cl)cc2c(=O)oc(-c3cc(C(F)(F)F)nn3-c3ncccc3Cl)nc12. The fourth-order valence-corrected chi connectivity index (χ4v) is 7.12. The van der Waals surface area contributed by atoms with Crippen LogP contribution in [0.5, 0.6) is 0 Å². The molecule has 1 aliphatic rings. The van der Waals surface area contributed by atoms with Crippen molar-refractivity contribution in [3.05, 3.63) is 137 Å². The zero-order valence-electron chi connectivity index (χ0n) is 32.6. The predicted octanol–water partition coefficient (Wildman–Crippen LogP) is 9.74. The van der Waals surface area contributed by atoms with Gasteiger partial charge in [-0.3, -0.25) is 9.59 Å². The molecular weight excluding hydrogens is 942 g/mol. The molecule has 0 spiro atoms. The van der Waals surface area contributed by atoms with Gasteiger partial charge >= 0.3 is 18.0 Å². The maximum atomic E-state index is 13.4. The van der Waals surface area contributed by atoms with Crippen LogP contribution in [0.25, 0.3) is 34.1 Å². The molecule has 0 aliphatic carbocycles. The third-order valence-corrected chi connectivity index (χ3v) is 10.3. The lowest BCUT2D eigenvalue weighted by atomic mass is 10.1. The largest absolute Gasteiger partial charge is 0.435 e. The van der Waals surface area contributed by atoms with Gasteiger partial charge in [-0.05, 0) is 79.9 Å². The lowest BCUT2D eigenvalue weighted by Crippen LogP contribution is -2.40. The number of anilines is 1. The number of aromatic nitrogens is 7. The molecule has 1 aliphatic heterocycles. The predicted molar refractivity (Wildman–Crippen MR) is 223 cm³/mol. The van der Waals surface area contributed by atoms with Crippen molar-refractivity contribution < 1.29 is 45.1 Å². The lowest BCUT2D eigenvalue weighted by Gasteiger charge is -2.26. The average molecular weight is 970 g/mol. The molecule has 2 N–H and O–H groups in total. The van der Waals surface area contributed by atoms with Crippen molar-refractivity contribution in [1.29, 1.82) is 0 Å². The maximum Gasteiger partial charge on any atom is 0.435 e. The van der Waals surface area contributed by atoms with Gasteiger partial charge in [0.25, 0.3) is 11.8 Å².